The smallest absolute Gasteiger partial charge is 0.156 e. The van der Waals surface area contributed by atoms with Crippen molar-refractivity contribution in [2.24, 2.45) is 0 Å². The summed E-state index contributed by atoms with van der Waals surface area (Å²) in [6.07, 6.45) is 3.27. The zero-order chi connectivity index (χ0) is 13.2. The second kappa shape index (κ2) is 5.37. The van der Waals surface area contributed by atoms with E-state index in [9.17, 15) is 9.18 Å². The van der Waals surface area contributed by atoms with Gasteiger partial charge in [0.1, 0.15) is 5.82 Å². The Morgan fingerprint density at radius 1 is 1.50 bits per heavy atom. The highest BCUT2D eigenvalue weighted by Gasteiger charge is 2.33. The summed E-state index contributed by atoms with van der Waals surface area (Å²) >= 11 is 5.62. The Hall–Kier alpha value is -0.930. The first-order chi connectivity index (χ1) is 8.51. The zero-order valence-corrected chi connectivity index (χ0v) is 11.2. The highest BCUT2D eigenvalue weighted by atomic mass is 35.5. The molecule has 1 heterocycles. The second-order valence-corrected chi connectivity index (χ2v) is 5.47. The fourth-order valence-corrected chi connectivity index (χ4v) is 2.44. The number of Topliss-reactive ketones (excluding diaryl/α,β-unsaturated/α-hetero) is 1. The molecule has 0 radical (unpaired) electrons. The van der Waals surface area contributed by atoms with Gasteiger partial charge in [-0.1, -0.05) is 17.7 Å². The maximum Gasteiger partial charge on any atom is 0.156 e. The van der Waals surface area contributed by atoms with E-state index in [-0.39, 0.29) is 17.2 Å². The van der Waals surface area contributed by atoms with Crippen LogP contribution in [-0.2, 0) is 11.2 Å². The van der Waals surface area contributed by atoms with Gasteiger partial charge in [0.2, 0.25) is 0 Å². The molecule has 1 saturated heterocycles. The van der Waals surface area contributed by atoms with Crippen LogP contribution in [0.2, 0.25) is 5.02 Å². The van der Waals surface area contributed by atoms with Gasteiger partial charge in [-0.05, 0) is 50.4 Å². The van der Waals surface area contributed by atoms with Crippen molar-refractivity contribution in [2.75, 3.05) is 6.54 Å². The molecule has 4 heteroatoms. The molecule has 18 heavy (non-hydrogen) atoms. The summed E-state index contributed by atoms with van der Waals surface area (Å²) in [6.45, 7) is 2.80. The highest BCUT2D eigenvalue weighted by molar-refractivity contribution is 6.30. The van der Waals surface area contributed by atoms with Crippen LogP contribution in [0.3, 0.4) is 0 Å². The third-order valence-corrected chi connectivity index (χ3v) is 3.89. The summed E-state index contributed by atoms with van der Waals surface area (Å²) in [5, 5.41) is 3.36. The quantitative estimate of drug-likeness (QED) is 0.913. The van der Waals surface area contributed by atoms with Gasteiger partial charge in [0.15, 0.2) is 5.78 Å². The Kier molecular flexibility index (Phi) is 4.03. The monoisotopic (exact) mass is 269 g/mol. The van der Waals surface area contributed by atoms with Crippen LogP contribution >= 0.6 is 11.6 Å². The van der Waals surface area contributed by atoms with Gasteiger partial charge in [-0.25, -0.2) is 4.39 Å². The van der Waals surface area contributed by atoms with Gasteiger partial charge in [-0.2, -0.15) is 0 Å². The number of benzene rings is 1. The molecule has 1 aromatic rings. The number of halogens is 2. The van der Waals surface area contributed by atoms with Gasteiger partial charge in [-0.15, -0.1) is 0 Å². The molecule has 0 spiro atoms. The van der Waals surface area contributed by atoms with Crippen molar-refractivity contribution < 1.29 is 9.18 Å². The SMILES string of the molecule is CC1(C(=O)Cc2ccc(Cl)c(F)c2)CCCCN1. The molecule has 2 rings (SSSR count). The molecular formula is C14H17ClFNO. The standard InChI is InChI=1S/C14H17ClFNO/c1-14(6-2-3-7-17-14)13(18)9-10-4-5-11(15)12(16)8-10/h4-5,8,17H,2-3,6-7,9H2,1H3. The van der Waals surface area contributed by atoms with Crippen LogP contribution in [0.4, 0.5) is 4.39 Å². The largest absolute Gasteiger partial charge is 0.305 e. The minimum absolute atomic E-state index is 0.0909. The summed E-state index contributed by atoms with van der Waals surface area (Å²) in [7, 11) is 0. The minimum Gasteiger partial charge on any atom is -0.305 e. The molecule has 1 N–H and O–H groups in total. The lowest BCUT2D eigenvalue weighted by Gasteiger charge is -2.33. The topological polar surface area (TPSA) is 29.1 Å². The van der Waals surface area contributed by atoms with Gasteiger partial charge < -0.3 is 5.32 Å². The van der Waals surface area contributed by atoms with Gasteiger partial charge in [-0.3, -0.25) is 4.79 Å². The van der Waals surface area contributed by atoms with Crippen molar-refractivity contribution in [3.63, 3.8) is 0 Å². The predicted octanol–water partition coefficient (Wildman–Crippen LogP) is 3.12. The van der Waals surface area contributed by atoms with E-state index in [0.29, 0.717) is 5.56 Å². The van der Waals surface area contributed by atoms with Crippen LogP contribution in [0.15, 0.2) is 18.2 Å². The summed E-state index contributed by atoms with van der Waals surface area (Å²) in [6, 6.07) is 4.54. The molecule has 2 nitrogen and oxygen atoms in total. The van der Waals surface area contributed by atoms with E-state index < -0.39 is 11.4 Å². The van der Waals surface area contributed by atoms with E-state index in [1.807, 2.05) is 6.92 Å². The number of hydrogen-bond acceptors (Lipinski definition) is 2. The normalized spacial score (nSPS) is 23.9. The Balaban J connectivity index is 2.08. The molecule has 1 atom stereocenters. The van der Waals surface area contributed by atoms with E-state index >= 15 is 0 Å². The summed E-state index contributed by atoms with van der Waals surface area (Å²) in [4.78, 5) is 12.3. The van der Waals surface area contributed by atoms with Crippen LogP contribution in [-0.4, -0.2) is 17.9 Å². The zero-order valence-electron chi connectivity index (χ0n) is 10.4. The molecule has 1 aliphatic heterocycles. The van der Waals surface area contributed by atoms with E-state index in [2.05, 4.69) is 5.32 Å². The Morgan fingerprint density at radius 3 is 2.89 bits per heavy atom. The van der Waals surface area contributed by atoms with Gasteiger partial charge in [0.05, 0.1) is 10.6 Å². The lowest BCUT2D eigenvalue weighted by atomic mass is 9.84. The van der Waals surface area contributed by atoms with E-state index in [1.54, 1.807) is 6.07 Å². The molecule has 98 valence electrons. The van der Waals surface area contributed by atoms with E-state index in [0.717, 1.165) is 25.8 Å². The van der Waals surface area contributed by atoms with Crippen molar-refractivity contribution in [1.29, 1.82) is 0 Å². The van der Waals surface area contributed by atoms with Crippen LogP contribution in [0, 0.1) is 5.82 Å². The number of carbonyl (C=O) groups excluding carboxylic acids is 1. The summed E-state index contributed by atoms with van der Waals surface area (Å²) in [5.41, 5.74) is 0.212. The average molecular weight is 270 g/mol. The fraction of sp³-hybridized carbons (Fsp3) is 0.500. The molecule has 0 bridgehead atoms. The van der Waals surface area contributed by atoms with Crippen molar-refractivity contribution in [3.8, 4) is 0 Å². The fourth-order valence-electron chi connectivity index (χ4n) is 2.32. The number of hydrogen-bond donors (Lipinski definition) is 1. The number of nitrogens with one attached hydrogen (secondary N) is 1. The first-order valence-electron chi connectivity index (χ1n) is 6.23. The molecule has 1 aliphatic rings. The van der Waals surface area contributed by atoms with E-state index in [4.69, 9.17) is 11.6 Å². The third kappa shape index (κ3) is 2.90. The second-order valence-electron chi connectivity index (χ2n) is 5.06. The summed E-state index contributed by atoms with van der Waals surface area (Å²) < 4.78 is 13.3. The van der Waals surface area contributed by atoms with Gasteiger partial charge in [0.25, 0.3) is 0 Å². The van der Waals surface area contributed by atoms with Gasteiger partial charge in [0, 0.05) is 6.42 Å². The maximum atomic E-state index is 13.3. The molecule has 0 amide bonds. The lowest BCUT2D eigenvalue weighted by molar-refractivity contribution is -0.125. The minimum atomic E-state index is -0.469. The van der Waals surface area contributed by atoms with Crippen molar-refractivity contribution >= 4 is 17.4 Å². The van der Waals surface area contributed by atoms with E-state index in [1.165, 1.54) is 12.1 Å². The molecule has 1 unspecified atom stereocenters. The number of ketones is 1. The lowest BCUT2D eigenvalue weighted by Crippen LogP contribution is -2.52. The molecule has 1 aromatic carbocycles. The summed E-state index contributed by atoms with van der Waals surface area (Å²) in [5.74, 6) is -0.354. The van der Waals surface area contributed by atoms with Gasteiger partial charge >= 0.3 is 0 Å². The van der Waals surface area contributed by atoms with Crippen LogP contribution in [0.1, 0.15) is 31.7 Å². The average Bonchev–Trinajstić information content (AvgIpc) is 2.35. The Labute approximate surface area is 112 Å². The molecule has 0 saturated carbocycles. The van der Waals surface area contributed by atoms with Crippen molar-refractivity contribution in [1.82, 2.24) is 5.32 Å². The number of piperidine rings is 1. The molecule has 1 fully saturated rings. The predicted molar refractivity (Wildman–Crippen MR) is 70.4 cm³/mol. The number of rotatable bonds is 3. The third-order valence-electron chi connectivity index (χ3n) is 3.58. The van der Waals surface area contributed by atoms with Crippen molar-refractivity contribution in [2.45, 2.75) is 38.1 Å². The maximum absolute atomic E-state index is 13.3. The molecular weight excluding hydrogens is 253 g/mol. The van der Waals surface area contributed by atoms with Crippen LogP contribution in [0.5, 0.6) is 0 Å². The van der Waals surface area contributed by atoms with Crippen LogP contribution < -0.4 is 5.32 Å². The first kappa shape index (κ1) is 13.5. The first-order valence-corrected chi connectivity index (χ1v) is 6.61. The van der Waals surface area contributed by atoms with Crippen LogP contribution in [0.25, 0.3) is 0 Å². The highest BCUT2D eigenvalue weighted by Crippen LogP contribution is 2.22. The Bertz CT molecular complexity index is 455. The Morgan fingerprint density at radius 2 is 2.28 bits per heavy atom. The van der Waals surface area contributed by atoms with Crippen molar-refractivity contribution in [3.05, 3.63) is 34.6 Å². The molecule has 0 aromatic heterocycles. The number of carbonyl (C=O) groups is 1. The molecule has 0 aliphatic carbocycles.